The average Bonchev–Trinajstić information content (AvgIpc) is 2.30. The van der Waals surface area contributed by atoms with Crippen molar-refractivity contribution in [3.8, 4) is 0 Å². The Balaban J connectivity index is 4.53. The second kappa shape index (κ2) is 10.3. The molecule has 0 aromatic carbocycles. The molecule has 0 spiro atoms. The van der Waals surface area contributed by atoms with Gasteiger partial charge in [-0.15, -0.1) is 0 Å². The molecule has 0 saturated heterocycles. The number of alkyl halides is 1. The Labute approximate surface area is 114 Å². The summed E-state index contributed by atoms with van der Waals surface area (Å²) in [6.45, 7) is 7.03. The Morgan fingerprint density at radius 3 is 1.76 bits per heavy atom. The fraction of sp³-hybridized carbons (Fsp3) is 1.00. The number of aliphatic hydroxyl groups excluding tert-OH is 2. The standard InChI is InChI=1S/C13H28BrNO2/c1-3-5-13(11-14,6-4-2)12-15(7-9-16)8-10-17/h16-17H,3-12H2,1-2H3. The number of hydrogen-bond donors (Lipinski definition) is 2. The van der Waals surface area contributed by atoms with Crippen molar-refractivity contribution in [2.75, 3.05) is 38.2 Å². The van der Waals surface area contributed by atoms with Gasteiger partial charge < -0.3 is 10.2 Å². The SMILES string of the molecule is CCCC(CBr)(CCC)CN(CCO)CCO. The lowest BCUT2D eigenvalue weighted by molar-refractivity contribution is 0.104. The van der Waals surface area contributed by atoms with Gasteiger partial charge in [0.15, 0.2) is 0 Å². The summed E-state index contributed by atoms with van der Waals surface area (Å²) in [7, 11) is 0. The van der Waals surface area contributed by atoms with Crippen LogP contribution in [0.5, 0.6) is 0 Å². The fourth-order valence-electron chi connectivity index (χ4n) is 2.55. The lowest BCUT2D eigenvalue weighted by Crippen LogP contribution is -2.41. The Bertz CT molecular complexity index is 167. The maximum Gasteiger partial charge on any atom is 0.0558 e. The normalized spacial score (nSPS) is 12.4. The summed E-state index contributed by atoms with van der Waals surface area (Å²) in [5.41, 5.74) is 0.286. The van der Waals surface area contributed by atoms with Crippen molar-refractivity contribution in [1.82, 2.24) is 4.90 Å². The topological polar surface area (TPSA) is 43.7 Å². The van der Waals surface area contributed by atoms with Crippen molar-refractivity contribution in [2.24, 2.45) is 5.41 Å². The molecule has 0 radical (unpaired) electrons. The highest BCUT2D eigenvalue weighted by molar-refractivity contribution is 9.09. The molecule has 0 aliphatic carbocycles. The van der Waals surface area contributed by atoms with E-state index in [4.69, 9.17) is 10.2 Å². The molecule has 0 aromatic rings. The van der Waals surface area contributed by atoms with Crippen molar-refractivity contribution in [3.05, 3.63) is 0 Å². The minimum Gasteiger partial charge on any atom is -0.395 e. The van der Waals surface area contributed by atoms with Crippen LogP contribution in [0, 0.1) is 5.41 Å². The van der Waals surface area contributed by atoms with E-state index < -0.39 is 0 Å². The van der Waals surface area contributed by atoms with Crippen LogP contribution in [0.3, 0.4) is 0 Å². The monoisotopic (exact) mass is 309 g/mol. The van der Waals surface area contributed by atoms with Gasteiger partial charge in [0, 0.05) is 25.0 Å². The van der Waals surface area contributed by atoms with E-state index in [-0.39, 0.29) is 18.6 Å². The zero-order valence-electron chi connectivity index (χ0n) is 11.3. The van der Waals surface area contributed by atoms with E-state index in [1.165, 1.54) is 25.7 Å². The smallest absolute Gasteiger partial charge is 0.0558 e. The quantitative estimate of drug-likeness (QED) is 0.575. The van der Waals surface area contributed by atoms with Gasteiger partial charge in [-0.25, -0.2) is 0 Å². The maximum atomic E-state index is 9.06. The number of hydrogen-bond acceptors (Lipinski definition) is 3. The van der Waals surface area contributed by atoms with Crippen LogP contribution in [-0.4, -0.2) is 53.3 Å². The molecule has 0 amide bonds. The third-order valence-electron chi connectivity index (χ3n) is 3.24. The lowest BCUT2D eigenvalue weighted by atomic mass is 9.80. The Morgan fingerprint density at radius 1 is 1.00 bits per heavy atom. The van der Waals surface area contributed by atoms with E-state index >= 15 is 0 Å². The molecule has 2 N–H and O–H groups in total. The summed E-state index contributed by atoms with van der Waals surface area (Å²) < 4.78 is 0. The van der Waals surface area contributed by atoms with Crippen LogP contribution in [-0.2, 0) is 0 Å². The van der Waals surface area contributed by atoms with Gasteiger partial charge in [-0.1, -0.05) is 42.6 Å². The van der Waals surface area contributed by atoms with Gasteiger partial charge in [0.25, 0.3) is 0 Å². The van der Waals surface area contributed by atoms with Crippen molar-refractivity contribution in [3.63, 3.8) is 0 Å². The first-order valence-corrected chi connectivity index (χ1v) is 7.80. The van der Waals surface area contributed by atoms with Crippen LogP contribution in [0.25, 0.3) is 0 Å². The van der Waals surface area contributed by atoms with Crippen molar-refractivity contribution in [1.29, 1.82) is 0 Å². The van der Waals surface area contributed by atoms with E-state index in [0.717, 1.165) is 11.9 Å². The molecule has 0 atom stereocenters. The van der Waals surface area contributed by atoms with Crippen molar-refractivity contribution in [2.45, 2.75) is 39.5 Å². The van der Waals surface area contributed by atoms with Gasteiger partial charge in [-0.2, -0.15) is 0 Å². The molecule has 0 rings (SSSR count). The molecule has 3 nitrogen and oxygen atoms in total. The van der Waals surface area contributed by atoms with Gasteiger partial charge in [-0.05, 0) is 18.3 Å². The molecule has 4 heteroatoms. The van der Waals surface area contributed by atoms with Gasteiger partial charge >= 0.3 is 0 Å². The second-order valence-electron chi connectivity index (χ2n) is 4.86. The first-order chi connectivity index (χ1) is 8.17. The first kappa shape index (κ1) is 17.4. The maximum absolute atomic E-state index is 9.06. The van der Waals surface area contributed by atoms with Crippen LogP contribution in [0.4, 0.5) is 0 Å². The van der Waals surface area contributed by atoms with Crippen LogP contribution in [0.2, 0.25) is 0 Å². The third-order valence-corrected chi connectivity index (χ3v) is 4.43. The second-order valence-corrected chi connectivity index (χ2v) is 5.42. The molecule has 104 valence electrons. The summed E-state index contributed by atoms with van der Waals surface area (Å²) in [6, 6.07) is 0. The molecule has 17 heavy (non-hydrogen) atoms. The van der Waals surface area contributed by atoms with Gasteiger partial charge in [0.05, 0.1) is 13.2 Å². The third kappa shape index (κ3) is 6.75. The highest BCUT2D eigenvalue weighted by Gasteiger charge is 2.29. The van der Waals surface area contributed by atoms with Gasteiger partial charge in [-0.3, -0.25) is 4.90 Å². The van der Waals surface area contributed by atoms with Gasteiger partial charge in [0.2, 0.25) is 0 Å². The van der Waals surface area contributed by atoms with E-state index in [0.29, 0.717) is 13.1 Å². The average molecular weight is 310 g/mol. The molecular weight excluding hydrogens is 282 g/mol. The zero-order valence-corrected chi connectivity index (χ0v) is 12.9. The Morgan fingerprint density at radius 2 is 1.47 bits per heavy atom. The highest BCUT2D eigenvalue weighted by atomic mass is 79.9. The number of nitrogens with zero attached hydrogens (tertiary/aromatic N) is 1. The highest BCUT2D eigenvalue weighted by Crippen LogP contribution is 2.33. The molecular formula is C13H28BrNO2. The number of halogens is 1. The Kier molecular flexibility index (Phi) is 10.5. The fourth-order valence-corrected chi connectivity index (χ4v) is 3.28. The summed E-state index contributed by atoms with van der Waals surface area (Å²) in [6.07, 6.45) is 4.74. The van der Waals surface area contributed by atoms with E-state index in [2.05, 4.69) is 34.7 Å². The minimum atomic E-state index is 0.163. The summed E-state index contributed by atoms with van der Waals surface area (Å²) in [4.78, 5) is 2.17. The van der Waals surface area contributed by atoms with Gasteiger partial charge in [0.1, 0.15) is 0 Å². The lowest BCUT2D eigenvalue weighted by Gasteiger charge is -2.37. The summed E-state index contributed by atoms with van der Waals surface area (Å²) in [5.74, 6) is 0. The van der Waals surface area contributed by atoms with Crippen LogP contribution in [0.15, 0.2) is 0 Å². The number of aliphatic hydroxyl groups is 2. The molecule has 0 saturated carbocycles. The molecule has 0 aliphatic heterocycles. The predicted molar refractivity (Wildman–Crippen MR) is 76.7 cm³/mol. The van der Waals surface area contributed by atoms with Crippen molar-refractivity contribution >= 4 is 15.9 Å². The van der Waals surface area contributed by atoms with Crippen LogP contribution >= 0.6 is 15.9 Å². The van der Waals surface area contributed by atoms with Crippen LogP contribution < -0.4 is 0 Å². The summed E-state index contributed by atoms with van der Waals surface area (Å²) in [5, 5.41) is 19.1. The van der Waals surface area contributed by atoms with Crippen LogP contribution in [0.1, 0.15) is 39.5 Å². The van der Waals surface area contributed by atoms with E-state index in [9.17, 15) is 0 Å². The molecule has 0 aliphatic rings. The largest absolute Gasteiger partial charge is 0.395 e. The Hall–Kier alpha value is 0.360. The predicted octanol–water partition coefficient (Wildman–Crippen LogP) is 2.25. The van der Waals surface area contributed by atoms with Crippen molar-refractivity contribution < 1.29 is 10.2 Å². The zero-order chi connectivity index (χ0) is 13.1. The molecule has 0 bridgehead atoms. The molecule has 0 aromatic heterocycles. The minimum absolute atomic E-state index is 0.163. The summed E-state index contributed by atoms with van der Waals surface area (Å²) >= 11 is 3.65. The molecule has 0 unspecified atom stereocenters. The first-order valence-electron chi connectivity index (χ1n) is 6.68. The van der Waals surface area contributed by atoms with E-state index in [1.54, 1.807) is 0 Å². The molecule has 0 heterocycles. The van der Waals surface area contributed by atoms with E-state index in [1.807, 2.05) is 0 Å². The number of rotatable bonds is 11. The molecule has 0 fully saturated rings.